The Morgan fingerprint density at radius 1 is 1.27 bits per heavy atom. The van der Waals surface area contributed by atoms with Gasteiger partial charge in [0, 0.05) is 34.6 Å². The fourth-order valence-electron chi connectivity index (χ4n) is 6.98. The van der Waals surface area contributed by atoms with E-state index in [-0.39, 0.29) is 30.9 Å². The number of halogens is 2. The van der Waals surface area contributed by atoms with Crippen molar-refractivity contribution in [2.45, 2.75) is 96.2 Å². The van der Waals surface area contributed by atoms with E-state index < -0.39 is 31.6 Å². The van der Waals surface area contributed by atoms with Crippen LogP contribution in [0.5, 0.6) is 0 Å². The zero-order valence-electron chi connectivity index (χ0n) is 24.7. The lowest BCUT2D eigenvalue weighted by molar-refractivity contribution is -0.149. The van der Waals surface area contributed by atoms with Gasteiger partial charge in [-0.05, 0) is 77.7 Å². The number of benzene rings is 1. The summed E-state index contributed by atoms with van der Waals surface area (Å²) in [6, 6.07) is 5.56. The monoisotopic (exact) mass is 634 g/mol. The first kappa shape index (κ1) is 31.1. The van der Waals surface area contributed by atoms with Crippen molar-refractivity contribution in [3.63, 3.8) is 0 Å². The van der Waals surface area contributed by atoms with Crippen LogP contribution in [-0.4, -0.2) is 62.1 Å². The molecule has 1 aromatic rings. The number of hydrogen-bond acceptors (Lipinski definition) is 4. The zero-order chi connectivity index (χ0) is 29.4. The Bertz CT molecular complexity index is 1190. The molecule has 1 N–H and O–H groups in total. The van der Waals surface area contributed by atoms with Gasteiger partial charge in [0.1, 0.15) is 0 Å². The van der Waals surface area contributed by atoms with Gasteiger partial charge in [0.25, 0.3) is 5.91 Å². The van der Waals surface area contributed by atoms with E-state index >= 15 is 4.11 Å². The summed E-state index contributed by atoms with van der Waals surface area (Å²) in [6.07, 6.45) is 7.06. The molecule has 1 spiro atoms. The van der Waals surface area contributed by atoms with Crippen molar-refractivity contribution in [3.8, 4) is 0 Å². The van der Waals surface area contributed by atoms with Gasteiger partial charge in [-0.15, -0.1) is 0 Å². The van der Waals surface area contributed by atoms with E-state index in [1.54, 1.807) is 22.9 Å². The van der Waals surface area contributed by atoms with E-state index in [9.17, 15) is 14.7 Å². The highest BCUT2D eigenvalue weighted by atomic mass is 79.9. The zero-order valence-corrected chi connectivity index (χ0v) is 27.3. The van der Waals surface area contributed by atoms with Crippen molar-refractivity contribution in [2.24, 2.45) is 5.92 Å². The van der Waals surface area contributed by atoms with Gasteiger partial charge in [-0.25, -0.2) is 0 Å². The second-order valence-electron chi connectivity index (χ2n) is 12.5. The van der Waals surface area contributed by atoms with Crippen LogP contribution in [0, 0.1) is 5.92 Å². The molecule has 0 bridgehead atoms. The second-order valence-corrected chi connectivity index (χ2v) is 17.2. The van der Waals surface area contributed by atoms with Gasteiger partial charge < -0.3 is 23.8 Å². The fraction of sp³-hybridized carbons (Fsp3) is 0.613. The summed E-state index contributed by atoms with van der Waals surface area (Å²) in [4.78, 5) is 31.3. The third kappa shape index (κ3) is 5.89. The first-order chi connectivity index (χ1) is 18.8. The van der Waals surface area contributed by atoms with Gasteiger partial charge in [0.05, 0.1) is 30.9 Å². The van der Waals surface area contributed by atoms with Crippen molar-refractivity contribution in [1.82, 2.24) is 4.90 Å². The molecule has 0 aliphatic carbocycles. The molecular formula is C31H44BrFN2O4Si. The van der Waals surface area contributed by atoms with Crippen molar-refractivity contribution >= 4 is 41.8 Å². The Morgan fingerprint density at radius 3 is 2.65 bits per heavy atom. The molecule has 5 atom stereocenters. The van der Waals surface area contributed by atoms with Crippen molar-refractivity contribution in [3.05, 3.63) is 51.5 Å². The third-order valence-corrected chi connectivity index (χ3v) is 11.9. The van der Waals surface area contributed by atoms with E-state index in [1.165, 1.54) is 11.1 Å². The molecule has 3 aliphatic rings. The highest BCUT2D eigenvalue weighted by Crippen LogP contribution is 2.60. The molecule has 0 radical (unpaired) electrons. The largest absolute Gasteiger partial charge is 0.394 e. The molecule has 0 saturated carbocycles. The summed E-state index contributed by atoms with van der Waals surface area (Å²) in [5.41, 5.74) is 2.11. The third-order valence-electron chi connectivity index (χ3n) is 8.92. The van der Waals surface area contributed by atoms with Gasteiger partial charge in [-0.3, -0.25) is 9.59 Å². The van der Waals surface area contributed by atoms with Crippen molar-refractivity contribution < 1.29 is 23.5 Å². The van der Waals surface area contributed by atoms with Crippen LogP contribution < -0.4 is 4.90 Å². The van der Waals surface area contributed by atoms with Gasteiger partial charge in [0.2, 0.25) is 14.3 Å². The molecule has 4 rings (SSSR count). The topological polar surface area (TPSA) is 70.1 Å². The number of carbonyl (C=O) groups excluding carboxylic acids is 2. The number of fused-ring (bicyclic) bond motifs is 2. The highest BCUT2D eigenvalue weighted by Gasteiger charge is 2.67. The molecule has 1 aromatic carbocycles. The molecular weight excluding hydrogens is 591 g/mol. The molecule has 2 amide bonds. The van der Waals surface area contributed by atoms with E-state index in [0.717, 1.165) is 41.4 Å². The fourth-order valence-corrected chi connectivity index (χ4v) is 9.84. The minimum Gasteiger partial charge on any atom is -0.394 e. The number of carbonyl (C=O) groups is 2. The van der Waals surface area contributed by atoms with Crippen molar-refractivity contribution in [2.75, 3.05) is 24.6 Å². The summed E-state index contributed by atoms with van der Waals surface area (Å²) >= 11 is 3.57. The lowest BCUT2D eigenvalue weighted by atomic mass is 9.82. The van der Waals surface area contributed by atoms with Crippen LogP contribution in [0.2, 0.25) is 18.6 Å². The van der Waals surface area contributed by atoms with Gasteiger partial charge in [0.15, 0.2) is 5.60 Å². The number of hydrogen-bond donors (Lipinski definition) is 1. The molecule has 220 valence electrons. The summed E-state index contributed by atoms with van der Waals surface area (Å²) in [7, 11) is -3.37. The molecule has 3 heterocycles. The molecule has 9 heteroatoms. The van der Waals surface area contributed by atoms with Crippen LogP contribution in [0.25, 0.3) is 0 Å². The van der Waals surface area contributed by atoms with E-state index in [1.807, 2.05) is 25.1 Å². The lowest BCUT2D eigenvalue weighted by Gasteiger charge is -2.31. The maximum atomic E-state index is 16.1. The molecule has 3 aliphatic heterocycles. The molecule has 6 nitrogen and oxygen atoms in total. The average molecular weight is 636 g/mol. The predicted octanol–water partition coefficient (Wildman–Crippen LogP) is 6.64. The Kier molecular flexibility index (Phi) is 9.49. The molecule has 2 saturated heterocycles. The number of ether oxygens (including phenoxy) is 1. The maximum Gasteiger partial charge on any atom is 0.264 e. The maximum absolute atomic E-state index is 16.1. The summed E-state index contributed by atoms with van der Waals surface area (Å²) in [5.74, 6) is -0.771. The summed E-state index contributed by atoms with van der Waals surface area (Å²) in [6.45, 7) is 12.4. The molecule has 2 fully saturated rings. The minimum atomic E-state index is -3.37. The second kappa shape index (κ2) is 12.2. The van der Waals surface area contributed by atoms with Gasteiger partial charge >= 0.3 is 0 Å². The van der Waals surface area contributed by atoms with E-state index in [4.69, 9.17) is 4.74 Å². The lowest BCUT2D eigenvalue weighted by Crippen LogP contribution is -2.45. The first-order valence-corrected chi connectivity index (χ1v) is 18.2. The van der Waals surface area contributed by atoms with Gasteiger partial charge in [-0.1, -0.05) is 46.2 Å². The highest BCUT2D eigenvalue weighted by molar-refractivity contribution is 9.10. The number of likely N-dealkylation sites (tertiary alicyclic amines) is 1. The number of aliphatic hydroxyl groups is 1. The SMILES string of the molecule is CC(C)=CCC/C(C)=C/CN1C(=O)[C@@]2(O[C@@H](CC(=O)N3CCC[C@H]3CO)[C@H]([Si](C)(C)F)[C@H]2C)c2cc(Br)ccc21. The summed E-state index contributed by atoms with van der Waals surface area (Å²) < 4.78 is 23.6. The van der Waals surface area contributed by atoms with Crippen molar-refractivity contribution in [1.29, 1.82) is 0 Å². The first-order valence-electron chi connectivity index (χ1n) is 14.5. The van der Waals surface area contributed by atoms with Crippen LogP contribution in [0.15, 0.2) is 46.0 Å². The molecule has 40 heavy (non-hydrogen) atoms. The van der Waals surface area contributed by atoms with Crippen LogP contribution in [0.4, 0.5) is 9.80 Å². The smallest absolute Gasteiger partial charge is 0.264 e. The Morgan fingerprint density at radius 2 is 2.00 bits per heavy atom. The van der Waals surface area contributed by atoms with Crippen LogP contribution in [0.1, 0.15) is 65.4 Å². The number of nitrogens with zero attached hydrogens (tertiary/aromatic N) is 2. The van der Waals surface area contributed by atoms with E-state index in [0.29, 0.717) is 13.1 Å². The number of allylic oxidation sites excluding steroid dienone is 3. The van der Waals surface area contributed by atoms with E-state index in [2.05, 4.69) is 48.9 Å². The number of rotatable bonds is 9. The Labute approximate surface area is 247 Å². The number of anilines is 1. The standard InChI is InChI=1S/C31H44BrFN2O4Si/c1-20(2)9-7-10-21(3)14-16-35-26-13-12-23(32)17-25(26)31(30(35)38)22(4)29(40(5,6)33)27(39-31)18-28(37)34-15-8-11-24(34)19-36/h9,12-14,17,22,24,27,29,36H,7-8,10-11,15-16,18-19H2,1-6H3/b21-14+/t22-,24+,27+,29-,31+/m1/s1. The van der Waals surface area contributed by atoms with Crippen LogP contribution in [-0.2, 0) is 19.9 Å². The molecule has 0 unspecified atom stereocenters. The quantitative estimate of drug-likeness (QED) is 0.188. The normalized spacial score (nSPS) is 28.5. The van der Waals surface area contributed by atoms with Gasteiger partial charge in [-0.2, -0.15) is 0 Å². The minimum absolute atomic E-state index is 0.00754. The molecule has 0 aromatic heterocycles. The number of aliphatic hydroxyl groups excluding tert-OH is 1. The Hall–Kier alpha value is -1.81. The summed E-state index contributed by atoms with van der Waals surface area (Å²) in [5, 5.41) is 9.76. The van der Waals surface area contributed by atoms with Crippen LogP contribution >= 0.6 is 15.9 Å². The Balaban J connectivity index is 1.67. The predicted molar refractivity (Wildman–Crippen MR) is 163 cm³/mol. The average Bonchev–Trinajstić information content (AvgIpc) is 3.52. The van der Waals surface area contributed by atoms with Crippen LogP contribution in [0.3, 0.4) is 0 Å². The number of amides is 2.